The summed E-state index contributed by atoms with van der Waals surface area (Å²) in [6, 6.07) is 20.2. The summed E-state index contributed by atoms with van der Waals surface area (Å²) < 4.78 is 11.0. The maximum atomic E-state index is 12.8. The number of ether oxygens (including phenoxy) is 1. The molecule has 3 aromatic carbocycles. The lowest BCUT2D eigenvalue weighted by molar-refractivity contribution is 0.0578. The van der Waals surface area contributed by atoms with Gasteiger partial charge in [0.2, 0.25) is 0 Å². The van der Waals surface area contributed by atoms with Gasteiger partial charge in [-0.15, -0.1) is 5.10 Å². The van der Waals surface area contributed by atoms with Crippen LogP contribution >= 0.6 is 0 Å². The summed E-state index contributed by atoms with van der Waals surface area (Å²) in [6.07, 6.45) is -0.0109. The lowest BCUT2D eigenvalue weighted by atomic mass is 9.94. The molecule has 5 rings (SSSR count). The van der Waals surface area contributed by atoms with E-state index in [1.165, 1.54) is 4.90 Å². The largest absolute Gasteiger partial charge is 0.447 e. The van der Waals surface area contributed by atoms with Crippen molar-refractivity contribution < 1.29 is 18.7 Å². The Morgan fingerprint density at radius 3 is 2.21 bits per heavy atom. The minimum absolute atomic E-state index is 0.0109. The van der Waals surface area contributed by atoms with Gasteiger partial charge in [-0.3, -0.25) is 14.5 Å². The molecule has 0 bridgehead atoms. The lowest BCUT2D eigenvalue weighted by Crippen LogP contribution is -2.42. The molecule has 0 spiro atoms. The summed E-state index contributed by atoms with van der Waals surface area (Å²) in [4.78, 5) is 26.9. The minimum atomic E-state index is -0.335. The summed E-state index contributed by atoms with van der Waals surface area (Å²) in [6.45, 7) is 0.123. The van der Waals surface area contributed by atoms with Crippen molar-refractivity contribution >= 4 is 22.6 Å². The van der Waals surface area contributed by atoms with E-state index in [1.54, 1.807) is 12.1 Å². The zero-order chi connectivity index (χ0) is 19.8. The maximum absolute atomic E-state index is 12.8. The van der Waals surface area contributed by atoms with Crippen LogP contribution in [0.3, 0.4) is 0 Å². The first-order valence-electron chi connectivity index (χ1n) is 9.12. The summed E-state index contributed by atoms with van der Waals surface area (Å²) in [7, 11) is 0. The molecule has 0 N–H and O–H groups in total. The second-order valence-corrected chi connectivity index (χ2v) is 6.56. The van der Waals surface area contributed by atoms with Crippen molar-refractivity contribution in [2.45, 2.75) is 0 Å². The Kier molecular flexibility index (Phi) is 4.05. The van der Waals surface area contributed by atoms with Crippen LogP contribution in [-0.2, 0) is 0 Å². The number of benzene rings is 3. The van der Waals surface area contributed by atoms with Crippen LogP contribution < -0.4 is 4.74 Å². The second-order valence-electron chi connectivity index (χ2n) is 6.56. The van der Waals surface area contributed by atoms with Gasteiger partial charge in [0, 0.05) is 22.1 Å². The number of hydrogen-bond donors (Lipinski definition) is 0. The molecule has 142 valence electrons. The first-order valence-corrected chi connectivity index (χ1v) is 9.12. The van der Waals surface area contributed by atoms with Crippen LogP contribution in [0.1, 0.15) is 20.7 Å². The van der Waals surface area contributed by atoms with E-state index < -0.39 is 0 Å². The number of carbonyl (C=O) groups excluding carboxylic acids is 2. The third kappa shape index (κ3) is 2.93. The van der Waals surface area contributed by atoms with Gasteiger partial charge in [-0.25, -0.2) is 0 Å². The molecule has 1 aliphatic rings. The Balaban J connectivity index is 1.31. The van der Waals surface area contributed by atoms with Crippen LogP contribution in [-0.4, -0.2) is 40.1 Å². The van der Waals surface area contributed by atoms with Gasteiger partial charge in [-0.05, 0) is 29.7 Å². The highest BCUT2D eigenvalue weighted by Gasteiger charge is 2.32. The number of hydrogen-bond acceptors (Lipinski definition) is 6. The number of aromatic nitrogens is 2. The van der Waals surface area contributed by atoms with E-state index in [9.17, 15) is 9.59 Å². The van der Waals surface area contributed by atoms with Crippen LogP contribution in [0.25, 0.3) is 22.2 Å². The van der Waals surface area contributed by atoms with E-state index in [0.717, 1.165) is 10.9 Å². The Bertz CT molecular complexity index is 1180. The number of rotatable bonds is 5. The fourth-order valence-electron chi connectivity index (χ4n) is 3.47. The van der Waals surface area contributed by atoms with Gasteiger partial charge in [-0.2, -0.15) is 0 Å². The molecule has 7 heteroatoms. The zero-order valence-corrected chi connectivity index (χ0v) is 15.2. The Labute approximate surface area is 165 Å². The molecule has 1 aliphatic heterocycles. The molecule has 0 aliphatic carbocycles. The first-order chi connectivity index (χ1) is 14.2. The third-order valence-electron chi connectivity index (χ3n) is 4.82. The second kappa shape index (κ2) is 6.87. The Morgan fingerprint density at radius 1 is 0.828 bits per heavy atom. The Hall–Kier alpha value is -4.00. The molecule has 7 nitrogen and oxygen atoms in total. The number of nitrogens with zero attached hydrogens (tertiary/aromatic N) is 3. The van der Waals surface area contributed by atoms with Crippen LogP contribution in [0.2, 0.25) is 0 Å². The van der Waals surface area contributed by atoms with E-state index in [-0.39, 0.29) is 31.0 Å². The van der Waals surface area contributed by atoms with Gasteiger partial charge in [0.25, 0.3) is 17.7 Å². The summed E-state index contributed by atoms with van der Waals surface area (Å²) in [5.41, 5.74) is 1.81. The molecule has 0 unspecified atom stereocenters. The number of carbonyl (C=O) groups is 2. The molecular weight excluding hydrogens is 370 g/mol. The van der Waals surface area contributed by atoms with Gasteiger partial charge in [-0.1, -0.05) is 47.6 Å². The highest BCUT2D eigenvalue weighted by Crippen LogP contribution is 2.29. The van der Waals surface area contributed by atoms with Crippen LogP contribution in [0, 0.1) is 0 Å². The molecule has 0 atom stereocenters. The topological polar surface area (TPSA) is 85.5 Å². The average Bonchev–Trinajstić information content (AvgIpc) is 3.24. The van der Waals surface area contributed by atoms with E-state index in [1.807, 2.05) is 54.6 Å². The van der Waals surface area contributed by atoms with Crippen molar-refractivity contribution in [3.63, 3.8) is 0 Å². The molecule has 2 heterocycles. The summed E-state index contributed by atoms with van der Waals surface area (Å²) >= 11 is 0. The summed E-state index contributed by atoms with van der Waals surface area (Å²) in [5.74, 6) is -0.330. The standard InChI is InChI=1S/C22H15N3O4/c26-20-16-10-4-8-14-9-5-11-17(18(14)16)21(27)25(20)12-13-28-22-24-23-19(29-22)15-6-2-1-3-7-15/h1-11H,12-13H2. The van der Waals surface area contributed by atoms with Crippen LogP contribution in [0.5, 0.6) is 6.08 Å². The molecule has 4 aromatic rings. The predicted molar refractivity (Wildman–Crippen MR) is 105 cm³/mol. The molecule has 0 fully saturated rings. The molecule has 0 saturated heterocycles. The fraction of sp³-hybridized carbons (Fsp3) is 0.0909. The molecular formula is C22H15N3O4. The maximum Gasteiger partial charge on any atom is 0.414 e. The molecule has 29 heavy (non-hydrogen) atoms. The highest BCUT2D eigenvalue weighted by atomic mass is 16.6. The van der Waals surface area contributed by atoms with Crippen molar-refractivity contribution in [3.05, 3.63) is 77.9 Å². The van der Waals surface area contributed by atoms with E-state index in [2.05, 4.69) is 10.2 Å². The predicted octanol–water partition coefficient (Wildman–Crippen LogP) is 3.56. The van der Waals surface area contributed by atoms with Gasteiger partial charge in [0.05, 0.1) is 6.54 Å². The first kappa shape index (κ1) is 17.1. The number of imide groups is 1. The molecule has 0 radical (unpaired) electrons. The van der Waals surface area contributed by atoms with Crippen molar-refractivity contribution in [1.82, 2.24) is 15.1 Å². The average molecular weight is 385 g/mol. The molecule has 1 aromatic heterocycles. The van der Waals surface area contributed by atoms with Gasteiger partial charge in [0.1, 0.15) is 6.61 Å². The third-order valence-corrected chi connectivity index (χ3v) is 4.82. The monoisotopic (exact) mass is 385 g/mol. The van der Waals surface area contributed by atoms with Crippen LogP contribution in [0.15, 0.2) is 71.1 Å². The Morgan fingerprint density at radius 2 is 1.52 bits per heavy atom. The van der Waals surface area contributed by atoms with Crippen molar-refractivity contribution in [2.24, 2.45) is 0 Å². The normalized spacial score (nSPS) is 13.2. The highest BCUT2D eigenvalue weighted by molar-refractivity contribution is 6.25. The van der Waals surface area contributed by atoms with E-state index in [0.29, 0.717) is 22.4 Å². The molecule has 2 amide bonds. The summed E-state index contributed by atoms with van der Waals surface area (Å²) in [5, 5.41) is 9.37. The zero-order valence-electron chi connectivity index (χ0n) is 15.2. The van der Waals surface area contributed by atoms with Gasteiger partial charge in [0.15, 0.2) is 0 Å². The van der Waals surface area contributed by atoms with E-state index >= 15 is 0 Å². The van der Waals surface area contributed by atoms with Crippen molar-refractivity contribution in [3.8, 4) is 17.5 Å². The van der Waals surface area contributed by atoms with Crippen LogP contribution in [0.4, 0.5) is 0 Å². The SMILES string of the molecule is O=C1c2cccc3cccc(c23)C(=O)N1CCOc1nnc(-c2ccccc2)o1. The van der Waals surface area contributed by atoms with Crippen molar-refractivity contribution in [2.75, 3.05) is 13.2 Å². The fourth-order valence-corrected chi connectivity index (χ4v) is 3.47. The smallest absolute Gasteiger partial charge is 0.414 e. The van der Waals surface area contributed by atoms with Gasteiger partial charge < -0.3 is 9.15 Å². The molecule has 0 saturated carbocycles. The quantitative estimate of drug-likeness (QED) is 0.488. The lowest BCUT2D eigenvalue weighted by Gasteiger charge is -2.26. The van der Waals surface area contributed by atoms with Gasteiger partial charge >= 0.3 is 6.08 Å². The minimum Gasteiger partial charge on any atom is -0.447 e. The van der Waals surface area contributed by atoms with E-state index in [4.69, 9.17) is 9.15 Å². The number of amides is 2. The van der Waals surface area contributed by atoms with Crippen molar-refractivity contribution in [1.29, 1.82) is 0 Å².